The van der Waals surface area contributed by atoms with Crippen LogP contribution in [0.1, 0.15) is 24.8 Å². The number of benzene rings is 1. The molecule has 18 heavy (non-hydrogen) atoms. The van der Waals surface area contributed by atoms with Gasteiger partial charge in [0.2, 0.25) is 0 Å². The molecule has 1 aliphatic rings. The topological polar surface area (TPSA) is 38.3 Å². The van der Waals surface area contributed by atoms with Gasteiger partial charge in [-0.3, -0.25) is 4.79 Å². The highest BCUT2D eigenvalue weighted by molar-refractivity contribution is 5.72. The first kappa shape index (κ1) is 13.1. The maximum atomic E-state index is 11.6. The van der Waals surface area contributed by atoms with Gasteiger partial charge < -0.3 is 10.1 Å². The number of carbonyl (C=O) groups excluding carboxylic acids is 1. The summed E-state index contributed by atoms with van der Waals surface area (Å²) >= 11 is 0. The summed E-state index contributed by atoms with van der Waals surface area (Å²) in [6, 6.07) is 9.73. The van der Waals surface area contributed by atoms with Crippen LogP contribution in [0, 0.1) is 5.92 Å². The van der Waals surface area contributed by atoms with Crippen molar-refractivity contribution in [1.29, 1.82) is 0 Å². The smallest absolute Gasteiger partial charge is 0.310 e. The third-order valence-electron chi connectivity index (χ3n) is 3.38. The van der Waals surface area contributed by atoms with E-state index in [1.54, 1.807) is 0 Å². The molecular weight excluding hydrogens is 226 g/mol. The molecule has 0 saturated carbocycles. The fourth-order valence-corrected chi connectivity index (χ4v) is 2.32. The van der Waals surface area contributed by atoms with Crippen molar-refractivity contribution in [3.8, 4) is 0 Å². The van der Waals surface area contributed by atoms with Crippen molar-refractivity contribution in [3.05, 3.63) is 35.9 Å². The van der Waals surface area contributed by atoms with Gasteiger partial charge in [0.05, 0.1) is 13.0 Å². The standard InChI is InChI=1S/C15H21NO2/c17-15(11-13-5-2-1-3-6-13)18-10-8-14-7-4-9-16-12-14/h1-3,5-6,14,16H,4,7-12H2/t14-/m1/s1. The lowest BCUT2D eigenvalue weighted by molar-refractivity contribution is -0.143. The van der Waals surface area contributed by atoms with Gasteiger partial charge in [-0.15, -0.1) is 0 Å². The van der Waals surface area contributed by atoms with Crippen molar-refractivity contribution < 1.29 is 9.53 Å². The van der Waals surface area contributed by atoms with E-state index < -0.39 is 0 Å². The minimum atomic E-state index is -0.120. The van der Waals surface area contributed by atoms with Crippen LogP contribution in [0.15, 0.2) is 30.3 Å². The molecule has 1 aromatic carbocycles. The second kappa shape index (κ2) is 7.17. The lowest BCUT2D eigenvalue weighted by atomic mass is 9.97. The second-order valence-corrected chi connectivity index (χ2v) is 4.88. The number of piperidine rings is 1. The molecular formula is C15H21NO2. The fraction of sp³-hybridized carbons (Fsp3) is 0.533. The zero-order valence-corrected chi connectivity index (χ0v) is 10.7. The molecule has 1 atom stereocenters. The molecule has 1 N–H and O–H groups in total. The first-order chi connectivity index (χ1) is 8.84. The Morgan fingerprint density at radius 3 is 2.89 bits per heavy atom. The molecule has 0 spiro atoms. The van der Waals surface area contributed by atoms with E-state index in [2.05, 4.69) is 5.32 Å². The number of rotatable bonds is 5. The Morgan fingerprint density at radius 2 is 2.17 bits per heavy atom. The van der Waals surface area contributed by atoms with Crippen molar-refractivity contribution in [3.63, 3.8) is 0 Å². The molecule has 0 unspecified atom stereocenters. The second-order valence-electron chi connectivity index (χ2n) is 4.88. The molecule has 98 valence electrons. The van der Waals surface area contributed by atoms with Gasteiger partial charge in [-0.05, 0) is 43.8 Å². The maximum absolute atomic E-state index is 11.6. The Balaban J connectivity index is 1.62. The largest absolute Gasteiger partial charge is 0.465 e. The van der Waals surface area contributed by atoms with Gasteiger partial charge in [0.25, 0.3) is 0 Å². The van der Waals surface area contributed by atoms with Gasteiger partial charge >= 0.3 is 5.97 Å². The highest BCUT2D eigenvalue weighted by Gasteiger charge is 2.13. The number of carbonyl (C=O) groups is 1. The van der Waals surface area contributed by atoms with Crippen LogP contribution in [0.4, 0.5) is 0 Å². The van der Waals surface area contributed by atoms with Gasteiger partial charge in [0, 0.05) is 0 Å². The molecule has 1 saturated heterocycles. The Bertz CT molecular complexity index is 358. The molecule has 0 radical (unpaired) electrons. The van der Waals surface area contributed by atoms with Gasteiger partial charge in [0.1, 0.15) is 0 Å². The molecule has 0 bridgehead atoms. The van der Waals surface area contributed by atoms with E-state index >= 15 is 0 Å². The van der Waals surface area contributed by atoms with E-state index in [4.69, 9.17) is 4.74 Å². The average molecular weight is 247 g/mol. The normalized spacial score (nSPS) is 19.4. The van der Waals surface area contributed by atoms with Crippen LogP contribution < -0.4 is 5.32 Å². The predicted molar refractivity (Wildman–Crippen MR) is 71.3 cm³/mol. The van der Waals surface area contributed by atoms with Gasteiger partial charge in [0.15, 0.2) is 0 Å². The van der Waals surface area contributed by atoms with Crippen LogP contribution in [-0.2, 0) is 16.0 Å². The zero-order valence-electron chi connectivity index (χ0n) is 10.7. The Hall–Kier alpha value is -1.35. The third-order valence-corrected chi connectivity index (χ3v) is 3.38. The highest BCUT2D eigenvalue weighted by atomic mass is 16.5. The predicted octanol–water partition coefficient (Wildman–Crippen LogP) is 2.16. The van der Waals surface area contributed by atoms with Crippen molar-refractivity contribution >= 4 is 5.97 Å². The molecule has 1 aliphatic heterocycles. The van der Waals surface area contributed by atoms with E-state index in [-0.39, 0.29) is 5.97 Å². The van der Waals surface area contributed by atoms with Crippen molar-refractivity contribution in [2.45, 2.75) is 25.7 Å². The van der Waals surface area contributed by atoms with Crippen LogP contribution >= 0.6 is 0 Å². The minimum absolute atomic E-state index is 0.120. The summed E-state index contributed by atoms with van der Waals surface area (Å²) in [5.74, 6) is 0.549. The van der Waals surface area contributed by atoms with E-state index in [0.29, 0.717) is 18.9 Å². The number of nitrogens with one attached hydrogen (secondary N) is 1. The minimum Gasteiger partial charge on any atom is -0.465 e. The quantitative estimate of drug-likeness (QED) is 0.810. The lowest BCUT2D eigenvalue weighted by Crippen LogP contribution is -2.30. The van der Waals surface area contributed by atoms with E-state index in [9.17, 15) is 4.79 Å². The van der Waals surface area contributed by atoms with Crippen molar-refractivity contribution in [2.24, 2.45) is 5.92 Å². The van der Waals surface area contributed by atoms with Gasteiger partial charge in [-0.2, -0.15) is 0 Å². The summed E-state index contributed by atoms with van der Waals surface area (Å²) in [5, 5.41) is 3.37. The SMILES string of the molecule is O=C(Cc1ccccc1)OCC[C@H]1CCCNC1. The van der Waals surface area contributed by atoms with Crippen molar-refractivity contribution in [1.82, 2.24) is 5.32 Å². The van der Waals surface area contributed by atoms with E-state index in [1.165, 1.54) is 12.8 Å². The molecule has 0 aromatic heterocycles. The maximum Gasteiger partial charge on any atom is 0.310 e. The Kier molecular flexibility index (Phi) is 5.21. The Labute approximate surface area is 109 Å². The summed E-state index contributed by atoms with van der Waals surface area (Å²) in [4.78, 5) is 11.6. The van der Waals surface area contributed by atoms with E-state index in [1.807, 2.05) is 30.3 Å². The number of esters is 1. The van der Waals surface area contributed by atoms with Crippen LogP contribution in [-0.4, -0.2) is 25.7 Å². The number of hydrogen-bond acceptors (Lipinski definition) is 3. The average Bonchev–Trinajstić information content (AvgIpc) is 2.41. The van der Waals surface area contributed by atoms with Crippen molar-refractivity contribution in [2.75, 3.05) is 19.7 Å². The van der Waals surface area contributed by atoms with Crippen LogP contribution in [0.5, 0.6) is 0 Å². The summed E-state index contributed by atoms with van der Waals surface area (Å²) in [6.45, 7) is 2.75. The molecule has 3 heteroatoms. The molecule has 1 aromatic rings. The number of ether oxygens (including phenoxy) is 1. The molecule has 0 amide bonds. The first-order valence-electron chi connectivity index (χ1n) is 6.75. The van der Waals surface area contributed by atoms with Crippen LogP contribution in [0.3, 0.4) is 0 Å². The lowest BCUT2D eigenvalue weighted by Gasteiger charge is -2.22. The third kappa shape index (κ3) is 4.49. The van der Waals surface area contributed by atoms with Crippen LogP contribution in [0.25, 0.3) is 0 Å². The molecule has 1 fully saturated rings. The summed E-state index contributed by atoms with van der Waals surface area (Å²) < 4.78 is 5.28. The zero-order chi connectivity index (χ0) is 12.6. The molecule has 2 rings (SSSR count). The number of hydrogen-bond donors (Lipinski definition) is 1. The molecule has 0 aliphatic carbocycles. The summed E-state index contributed by atoms with van der Waals surface area (Å²) in [7, 11) is 0. The summed E-state index contributed by atoms with van der Waals surface area (Å²) in [5.41, 5.74) is 1.02. The fourth-order valence-electron chi connectivity index (χ4n) is 2.32. The van der Waals surface area contributed by atoms with Gasteiger partial charge in [-0.25, -0.2) is 0 Å². The monoisotopic (exact) mass is 247 g/mol. The van der Waals surface area contributed by atoms with Gasteiger partial charge in [-0.1, -0.05) is 30.3 Å². The molecule has 1 heterocycles. The van der Waals surface area contributed by atoms with Crippen LogP contribution in [0.2, 0.25) is 0 Å². The van der Waals surface area contributed by atoms with E-state index in [0.717, 1.165) is 25.1 Å². The molecule has 3 nitrogen and oxygen atoms in total. The summed E-state index contributed by atoms with van der Waals surface area (Å²) in [6.07, 6.45) is 3.85. The highest BCUT2D eigenvalue weighted by Crippen LogP contribution is 2.13. The first-order valence-corrected chi connectivity index (χ1v) is 6.75. The Morgan fingerprint density at radius 1 is 1.33 bits per heavy atom.